The molecule has 102 valence electrons. The number of nitrogens with one attached hydrogen (secondary N) is 1. The fraction of sp³-hybridized carbons (Fsp3) is 0.308. The lowest BCUT2D eigenvalue weighted by Gasteiger charge is -2.11. The van der Waals surface area contributed by atoms with Crippen LogP contribution in [0.1, 0.15) is 19.0 Å². The van der Waals surface area contributed by atoms with Gasteiger partial charge in [0, 0.05) is 11.6 Å². The smallest absolute Gasteiger partial charge is 0.152 e. The third-order valence-corrected chi connectivity index (χ3v) is 3.03. The molecule has 2 aromatic rings. The summed E-state index contributed by atoms with van der Waals surface area (Å²) < 4.78 is 15.5. The Morgan fingerprint density at radius 2 is 2.21 bits per heavy atom. The van der Waals surface area contributed by atoms with Crippen molar-refractivity contribution in [2.45, 2.75) is 26.8 Å². The highest BCUT2D eigenvalue weighted by atomic mass is 35.5. The quantitative estimate of drug-likeness (QED) is 0.898. The van der Waals surface area contributed by atoms with Crippen LogP contribution in [0.5, 0.6) is 0 Å². The first-order valence-corrected chi connectivity index (χ1v) is 6.45. The normalized spacial score (nSPS) is 10.7. The summed E-state index contributed by atoms with van der Waals surface area (Å²) in [6.07, 6.45) is 0.915. The fourth-order valence-corrected chi connectivity index (χ4v) is 1.98. The van der Waals surface area contributed by atoms with E-state index < -0.39 is 5.82 Å². The SMILES string of the molecule is CCCn1nc(C)c(N)c1Nc1ccc(Cl)cc1F. The number of anilines is 3. The number of aryl methyl sites for hydroxylation is 2. The summed E-state index contributed by atoms with van der Waals surface area (Å²) in [4.78, 5) is 0. The van der Waals surface area contributed by atoms with E-state index in [-0.39, 0.29) is 0 Å². The Labute approximate surface area is 116 Å². The zero-order chi connectivity index (χ0) is 14.0. The van der Waals surface area contributed by atoms with Crippen LogP contribution in [-0.2, 0) is 6.54 Å². The van der Waals surface area contributed by atoms with Gasteiger partial charge in [-0.2, -0.15) is 5.10 Å². The third-order valence-electron chi connectivity index (χ3n) is 2.79. The third kappa shape index (κ3) is 2.81. The van der Waals surface area contributed by atoms with Gasteiger partial charge in [0.15, 0.2) is 5.82 Å². The number of nitrogens with two attached hydrogens (primary N) is 1. The van der Waals surface area contributed by atoms with Crippen LogP contribution in [-0.4, -0.2) is 9.78 Å². The molecule has 0 saturated heterocycles. The second-order valence-corrected chi connectivity index (χ2v) is 4.76. The second-order valence-electron chi connectivity index (χ2n) is 4.32. The molecule has 1 aromatic carbocycles. The summed E-state index contributed by atoms with van der Waals surface area (Å²) in [5.41, 5.74) is 7.55. The first-order chi connectivity index (χ1) is 9.02. The number of aromatic nitrogens is 2. The number of nitrogen functional groups attached to an aromatic ring is 1. The standard InChI is InChI=1S/C13H16ClFN4/c1-3-6-19-13(12(16)8(2)18-19)17-11-5-4-9(14)7-10(11)15/h4-5,7,17H,3,6,16H2,1-2H3. The Morgan fingerprint density at radius 3 is 2.84 bits per heavy atom. The molecule has 6 heteroatoms. The minimum absolute atomic E-state index is 0.327. The van der Waals surface area contributed by atoms with Crippen LogP contribution in [0, 0.1) is 12.7 Å². The topological polar surface area (TPSA) is 55.9 Å². The van der Waals surface area contributed by atoms with Crippen molar-refractivity contribution < 1.29 is 4.39 Å². The minimum Gasteiger partial charge on any atom is -0.394 e. The van der Waals surface area contributed by atoms with Gasteiger partial charge in [0.1, 0.15) is 5.82 Å². The lowest BCUT2D eigenvalue weighted by molar-refractivity contribution is 0.603. The highest BCUT2D eigenvalue weighted by molar-refractivity contribution is 6.30. The molecule has 0 unspecified atom stereocenters. The molecule has 1 heterocycles. The predicted octanol–water partition coefficient (Wildman–Crippen LogP) is 3.72. The van der Waals surface area contributed by atoms with E-state index >= 15 is 0 Å². The monoisotopic (exact) mass is 282 g/mol. The largest absolute Gasteiger partial charge is 0.394 e. The summed E-state index contributed by atoms with van der Waals surface area (Å²) >= 11 is 5.73. The van der Waals surface area contributed by atoms with Gasteiger partial charge in [0.05, 0.1) is 17.1 Å². The molecule has 1 aromatic heterocycles. The zero-order valence-corrected chi connectivity index (χ0v) is 11.6. The van der Waals surface area contributed by atoms with Gasteiger partial charge < -0.3 is 11.1 Å². The fourth-order valence-electron chi connectivity index (χ4n) is 1.82. The van der Waals surface area contributed by atoms with Crippen molar-refractivity contribution in [3.8, 4) is 0 Å². The molecule has 0 bridgehead atoms. The lowest BCUT2D eigenvalue weighted by Crippen LogP contribution is -2.06. The summed E-state index contributed by atoms with van der Waals surface area (Å²) in [6.45, 7) is 4.58. The van der Waals surface area contributed by atoms with Crippen molar-refractivity contribution in [1.82, 2.24) is 9.78 Å². The average Bonchev–Trinajstić information content (AvgIpc) is 2.61. The van der Waals surface area contributed by atoms with E-state index in [0.717, 1.165) is 18.7 Å². The highest BCUT2D eigenvalue weighted by Crippen LogP contribution is 2.28. The van der Waals surface area contributed by atoms with Crippen LogP contribution in [0.25, 0.3) is 0 Å². The Hall–Kier alpha value is -1.75. The number of hydrogen-bond acceptors (Lipinski definition) is 3. The molecule has 0 aliphatic rings. The summed E-state index contributed by atoms with van der Waals surface area (Å²) in [7, 11) is 0. The minimum atomic E-state index is -0.422. The van der Waals surface area contributed by atoms with Crippen molar-refractivity contribution in [3.63, 3.8) is 0 Å². The molecule has 2 rings (SSSR count). The van der Waals surface area contributed by atoms with E-state index in [9.17, 15) is 4.39 Å². The van der Waals surface area contributed by atoms with Gasteiger partial charge in [0.2, 0.25) is 0 Å². The number of hydrogen-bond donors (Lipinski definition) is 2. The maximum Gasteiger partial charge on any atom is 0.152 e. The van der Waals surface area contributed by atoms with Crippen LogP contribution in [0.2, 0.25) is 5.02 Å². The molecule has 0 aliphatic carbocycles. The van der Waals surface area contributed by atoms with Gasteiger partial charge in [-0.1, -0.05) is 18.5 Å². The molecule has 0 spiro atoms. The number of halogens is 2. The number of rotatable bonds is 4. The van der Waals surface area contributed by atoms with Crippen LogP contribution >= 0.6 is 11.6 Å². The van der Waals surface area contributed by atoms with E-state index in [0.29, 0.717) is 22.2 Å². The Bertz CT molecular complexity index is 595. The van der Waals surface area contributed by atoms with E-state index in [2.05, 4.69) is 10.4 Å². The van der Waals surface area contributed by atoms with Crippen molar-refractivity contribution >= 4 is 28.8 Å². The molecule has 19 heavy (non-hydrogen) atoms. The maximum atomic E-state index is 13.8. The van der Waals surface area contributed by atoms with Crippen LogP contribution < -0.4 is 11.1 Å². The summed E-state index contributed by atoms with van der Waals surface area (Å²) in [6, 6.07) is 4.46. The lowest BCUT2D eigenvalue weighted by atomic mass is 10.3. The molecular formula is C13H16ClFN4. The number of benzene rings is 1. The predicted molar refractivity (Wildman–Crippen MR) is 76.4 cm³/mol. The molecule has 0 atom stereocenters. The van der Waals surface area contributed by atoms with E-state index in [1.54, 1.807) is 16.8 Å². The maximum absolute atomic E-state index is 13.8. The highest BCUT2D eigenvalue weighted by Gasteiger charge is 2.13. The Kier molecular flexibility index (Phi) is 3.95. The zero-order valence-electron chi connectivity index (χ0n) is 10.9. The molecule has 0 saturated carbocycles. The van der Waals surface area contributed by atoms with E-state index in [1.807, 2.05) is 13.8 Å². The molecule has 0 aliphatic heterocycles. The van der Waals surface area contributed by atoms with Gasteiger partial charge in [-0.3, -0.25) is 0 Å². The summed E-state index contributed by atoms with van der Waals surface area (Å²) in [5, 5.41) is 7.66. The van der Waals surface area contributed by atoms with Crippen molar-refractivity contribution in [1.29, 1.82) is 0 Å². The van der Waals surface area contributed by atoms with Crippen LogP contribution in [0.4, 0.5) is 21.6 Å². The van der Waals surface area contributed by atoms with Crippen LogP contribution in [0.15, 0.2) is 18.2 Å². The Morgan fingerprint density at radius 1 is 1.47 bits per heavy atom. The molecule has 0 radical (unpaired) electrons. The molecule has 0 fully saturated rings. The molecule has 0 amide bonds. The van der Waals surface area contributed by atoms with Crippen molar-refractivity contribution in [3.05, 3.63) is 34.7 Å². The van der Waals surface area contributed by atoms with Crippen molar-refractivity contribution in [2.24, 2.45) is 0 Å². The molecule has 3 N–H and O–H groups in total. The molecule has 4 nitrogen and oxygen atoms in total. The first kappa shape index (κ1) is 13.7. The summed E-state index contributed by atoms with van der Waals surface area (Å²) in [5.74, 6) is 0.189. The van der Waals surface area contributed by atoms with Crippen LogP contribution in [0.3, 0.4) is 0 Å². The molecular weight excluding hydrogens is 267 g/mol. The average molecular weight is 283 g/mol. The van der Waals surface area contributed by atoms with Gasteiger partial charge >= 0.3 is 0 Å². The van der Waals surface area contributed by atoms with Gasteiger partial charge in [-0.25, -0.2) is 9.07 Å². The van der Waals surface area contributed by atoms with Gasteiger partial charge in [-0.15, -0.1) is 0 Å². The second kappa shape index (κ2) is 5.48. The number of nitrogens with zero attached hydrogens (tertiary/aromatic N) is 2. The van der Waals surface area contributed by atoms with E-state index in [1.165, 1.54) is 6.07 Å². The Balaban J connectivity index is 2.37. The first-order valence-electron chi connectivity index (χ1n) is 6.08. The van der Waals surface area contributed by atoms with E-state index in [4.69, 9.17) is 17.3 Å². The van der Waals surface area contributed by atoms with Gasteiger partial charge in [-0.05, 0) is 31.5 Å². The van der Waals surface area contributed by atoms with Gasteiger partial charge in [0.25, 0.3) is 0 Å². The van der Waals surface area contributed by atoms with Crippen molar-refractivity contribution in [2.75, 3.05) is 11.1 Å².